The zero-order chi connectivity index (χ0) is 24.9. The predicted octanol–water partition coefficient (Wildman–Crippen LogP) is 7.66. The fourth-order valence-corrected chi connectivity index (χ4v) is 5.15. The van der Waals surface area contributed by atoms with E-state index in [1.807, 2.05) is 19.0 Å². The van der Waals surface area contributed by atoms with Gasteiger partial charge in [-0.3, -0.25) is 9.05 Å². The minimum absolute atomic E-state index is 0.0828. The zero-order valence-electron chi connectivity index (χ0n) is 22.5. The van der Waals surface area contributed by atoms with E-state index in [9.17, 15) is 9.46 Å². The Labute approximate surface area is 210 Å². The second-order valence-corrected chi connectivity index (χ2v) is 11.5. The smallest absolute Gasteiger partial charge is 0.376 e. The van der Waals surface area contributed by atoms with Crippen molar-refractivity contribution in [2.75, 3.05) is 40.5 Å². The fourth-order valence-electron chi connectivity index (χ4n) is 4.41. The highest BCUT2D eigenvalue weighted by atomic mass is 31.2. The van der Waals surface area contributed by atoms with Crippen LogP contribution in [0.2, 0.25) is 0 Å². The Kier molecular flexibility index (Phi) is 19.6. The van der Waals surface area contributed by atoms with Gasteiger partial charge in [0.05, 0.1) is 25.9 Å². The summed E-state index contributed by atoms with van der Waals surface area (Å²) < 4.78 is 27.7. The summed E-state index contributed by atoms with van der Waals surface area (Å²) in [5, 5.41) is 0. The molecule has 1 aliphatic carbocycles. The molecule has 0 aromatic carbocycles. The van der Waals surface area contributed by atoms with E-state index in [1.165, 1.54) is 77.0 Å². The molecule has 1 atom stereocenters. The van der Waals surface area contributed by atoms with Crippen molar-refractivity contribution in [2.24, 2.45) is 0 Å². The molecule has 0 bridgehead atoms. The van der Waals surface area contributed by atoms with Crippen LogP contribution >= 0.6 is 7.82 Å². The maximum absolute atomic E-state index is 11.8. The Morgan fingerprint density at radius 1 is 0.853 bits per heavy atom. The second-order valence-electron chi connectivity index (χ2n) is 10.0. The molecule has 0 amide bonds. The molecule has 202 valence electrons. The second kappa shape index (κ2) is 20.9. The Balaban J connectivity index is 1.95. The van der Waals surface area contributed by atoms with Crippen LogP contribution in [0.4, 0.5) is 0 Å². The van der Waals surface area contributed by atoms with E-state index in [2.05, 4.69) is 13.0 Å². The molecule has 0 spiro atoms. The number of unbranched alkanes of at least 4 members (excludes halogenated alkanes) is 11. The lowest BCUT2D eigenvalue weighted by Gasteiger charge is -2.24. The normalized spacial score (nSPS) is 18.4. The van der Waals surface area contributed by atoms with Gasteiger partial charge < -0.3 is 14.5 Å². The molecule has 0 aromatic rings. The summed E-state index contributed by atoms with van der Waals surface area (Å²) in [7, 11) is -0.0640. The van der Waals surface area contributed by atoms with Gasteiger partial charge in [-0.05, 0) is 65.6 Å². The molecule has 34 heavy (non-hydrogen) atoms. The molecule has 1 N–H and O–H groups in total. The SMILES string of the molecule is CCCCCCCCCCCCCC=C1CCC(OCCOP(=O)(O)OCCCN(C)C)CC1. The monoisotopic (exact) mass is 503 g/mol. The first-order chi connectivity index (χ1) is 16.4. The topological polar surface area (TPSA) is 68.2 Å². The highest BCUT2D eigenvalue weighted by Crippen LogP contribution is 2.43. The number of phosphoric acid groups is 1. The molecule has 6 nitrogen and oxygen atoms in total. The van der Waals surface area contributed by atoms with E-state index in [-0.39, 0.29) is 19.3 Å². The van der Waals surface area contributed by atoms with Gasteiger partial charge in [0.1, 0.15) is 0 Å². The quantitative estimate of drug-likeness (QED) is 0.0929. The molecular formula is C27H54NO5P. The number of rotatable bonds is 22. The van der Waals surface area contributed by atoms with Gasteiger partial charge in [-0.1, -0.05) is 82.8 Å². The van der Waals surface area contributed by atoms with Crippen LogP contribution in [-0.2, 0) is 18.3 Å². The van der Waals surface area contributed by atoms with E-state index in [4.69, 9.17) is 13.8 Å². The van der Waals surface area contributed by atoms with Gasteiger partial charge in [-0.15, -0.1) is 0 Å². The third-order valence-corrected chi connectivity index (χ3v) is 7.53. The average Bonchev–Trinajstić information content (AvgIpc) is 2.81. The molecular weight excluding hydrogens is 449 g/mol. The van der Waals surface area contributed by atoms with Crippen molar-refractivity contribution in [3.8, 4) is 0 Å². The van der Waals surface area contributed by atoms with Crippen LogP contribution in [0.1, 0.15) is 116 Å². The third-order valence-electron chi connectivity index (χ3n) is 6.51. The third kappa shape index (κ3) is 19.0. The van der Waals surface area contributed by atoms with Crippen LogP contribution in [0.25, 0.3) is 0 Å². The van der Waals surface area contributed by atoms with E-state index in [0.29, 0.717) is 13.0 Å². The van der Waals surface area contributed by atoms with Gasteiger partial charge in [-0.2, -0.15) is 0 Å². The van der Waals surface area contributed by atoms with Gasteiger partial charge in [0.2, 0.25) is 0 Å². The van der Waals surface area contributed by atoms with Gasteiger partial charge in [-0.25, -0.2) is 4.57 Å². The van der Waals surface area contributed by atoms with E-state index in [1.54, 1.807) is 5.57 Å². The molecule has 0 heterocycles. The Hall–Kier alpha value is -0.230. The molecule has 1 aliphatic rings. The standard InChI is InChI=1S/C27H54NO5P/c1-4-5-6-7-8-9-10-11-12-13-14-15-17-26-18-20-27(21-19-26)31-24-25-33-34(29,30)32-23-16-22-28(2)3/h17,27H,4-16,18-25H2,1-3H3,(H,29,30). The lowest BCUT2D eigenvalue weighted by molar-refractivity contribution is 0.0114. The Morgan fingerprint density at radius 2 is 1.41 bits per heavy atom. The molecule has 0 saturated heterocycles. The summed E-state index contributed by atoms with van der Waals surface area (Å²) in [5.41, 5.74) is 1.58. The average molecular weight is 504 g/mol. The fraction of sp³-hybridized carbons (Fsp3) is 0.926. The van der Waals surface area contributed by atoms with Crippen LogP contribution in [0.5, 0.6) is 0 Å². The molecule has 1 fully saturated rings. The first kappa shape index (κ1) is 31.8. The Morgan fingerprint density at radius 3 is 2.00 bits per heavy atom. The van der Waals surface area contributed by atoms with Gasteiger partial charge >= 0.3 is 7.82 Å². The number of hydrogen-bond donors (Lipinski definition) is 1. The van der Waals surface area contributed by atoms with Crippen molar-refractivity contribution in [1.29, 1.82) is 0 Å². The summed E-state index contributed by atoms with van der Waals surface area (Å²) in [6, 6.07) is 0. The summed E-state index contributed by atoms with van der Waals surface area (Å²) >= 11 is 0. The van der Waals surface area contributed by atoms with Gasteiger partial charge in [0.15, 0.2) is 0 Å². The highest BCUT2D eigenvalue weighted by molar-refractivity contribution is 7.47. The molecule has 0 radical (unpaired) electrons. The lowest BCUT2D eigenvalue weighted by atomic mass is 9.91. The minimum atomic E-state index is -3.97. The predicted molar refractivity (Wildman–Crippen MR) is 142 cm³/mol. The first-order valence-electron chi connectivity index (χ1n) is 14.0. The van der Waals surface area contributed by atoms with Gasteiger partial charge in [0.25, 0.3) is 0 Å². The number of nitrogens with zero attached hydrogens (tertiary/aromatic N) is 1. The summed E-state index contributed by atoms with van der Waals surface area (Å²) in [6.07, 6.45) is 24.2. The molecule has 0 aliphatic heterocycles. The van der Waals surface area contributed by atoms with Crippen molar-refractivity contribution in [1.82, 2.24) is 4.90 Å². The van der Waals surface area contributed by atoms with Crippen LogP contribution < -0.4 is 0 Å². The van der Waals surface area contributed by atoms with Crippen molar-refractivity contribution in [3.63, 3.8) is 0 Å². The Bertz CT molecular complexity index is 545. The number of ether oxygens (including phenoxy) is 1. The largest absolute Gasteiger partial charge is 0.472 e. The number of phosphoric ester groups is 1. The van der Waals surface area contributed by atoms with Gasteiger partial charge in [0, 0.05) is 0 Å². The summed E-state index contributed by atoms with van der Waals surface area (Å²) in [4.78, 5) is 11.7. The van der Waals surface area contributed by atoms with E-state index < -0.39 is 7.82 Å². The maximum atomic E-state index is 11.8. The summed E-state index contributed by atoms with van der Waals surface area (Å²) in [5.74, 6) is 0. The zero-order valence-corrected chi connectivity index (χ0v) is 23.4. The van der Waals surface area contributed by atoms with Crippen LogP contribution in [0.3, 0.4) is 0 Å². The van der Waals surface area contributed by atoms with Crippen LogP contribution in [-0.4, -0.2) is 56.4 Å². The van der Waals surface area contributed by atoms with E-state index in [0.717, 1.165) is 32.2 Å². The first-order valence-corrected chi connectivity index (χ1v) is 15.5. The molecule has 1 unspecified atom stereocenters. The molecule has 1 rings (SSSR count). The van der Waals surface area contributed by atoms with Crippen LogP contribution in [0.15, 0.2) is 11.6 Å². The van der Waals surface area contributed by atoms with Crippen molar-refractivity contribution < 1.29 is 23.2 Å². The maximum Gasteiger partial charge on any atom is 0.472 e. The van der Waals surface area contributed by atoms with Crippen molar-refractivity contribution >= 4 is 7.82 Å². The molecule has 0 aromatic heterocycles. The number of allylic oxidation sites excluding steroid dienone is 2. The molecule has 1 saturated carbocycles. The lowest BCUT2D eigenvalue weighted by Crippen LogP contribution is -2.20. The minimum Gasteiger partial charge on any atom is -0.376 e. The van der Waals surface area contributed by atoms with E-state index >= 15 is 0 Å². The van der Waals surface area contributed by atoms with Crippen LogP contribution in [0, 0.1) is 0 Å². The highest BCUT2D eigenvalue weighted by Gasteiger charge is 2.21. The van der Waals surface area contributed by atoms with Crippen molar-refractivity contribution in [3.05, 3.63) is 11.6 Å². The van der Waals surface area contributed by atoms with Crippen molar-refractivity contribution in [2.45, 2.75) is 122 Å². The molecule has 7 heteroatoms. The number of hydrogen-bond acceptors (Lipinski definition) is 5. The summed E-state index contributed by atoms with van der Waals surface area (Å²) in [6.45, 7) is 3.71.